The van der Waals surface area contributed by atoms with Crippen LogP contribution in [0.1, 0.15) is 27.7 Å². The Labute approximate surface area is 133 Å². The van der Waals surface area contributed by atoms with Crippen LogP contribution >= 0.6 is 0 Å². The third-order valence-electron chi connectivity index (χ3n) is 4.01. The van der Waals surface area contributed by atoms with E-state index in [1.165, 1.54) is 0 Å². The highest BCUT2D eigenvalue weighted by Gasteiger charge is 2.25. The topological polar surface area (TPSA) is 52.6 Å². The van der Waals surface area contributed by atoms with Crippen LogP contribution in [0.25, 0.3) is 0 Å². The molecule has 0 atom stereocenters. The molecule has 2 heterocycles. The average Bonchev–Trinajstić information content (AvgIpc) is 2.48. The summed E-state index contributed by atoms with van der Waals surface area (Å²) in [7, 11) is 0. The Bertz CT molecular complexity index is 461. The number of nitrogens with zero attached hydrogens (tertiary/aromatic N) is 5. The molecule has 0 spiro atoms. The Hall–Kier alpha value is -1.69. The lowest BCUT2D eigenvalue weighted by Crippen LogP contribution is -2.52. The summed E-state index contributed by atoms with van der Waals surface area (Å²) in [4.78, 5) is 27.4. The zero-order valence-corrected chi connectivity index (χ0v) is 14.1. The minimum atomic E-state index is 0.220. The molecule has 0 N–H and O–H groups in total. The van der Waals surface area contributed by atoms with Crippen molar-refractivity contribution in [3.8, 4) is 0 Å². The lowest BCUT2D eigenvalue weighted by Gasteiger charge is -2.37. The second kappa shape index (κ2) is 7.54. The van der Waals surface area contributed by atoms with Gasteiger partial charge in [-0.1, -0.05) is 0 Å². The molecule has 2 rings (SSSR count). The number of aromatic nitrogens is 2. The van der Waals surface area contributed by atoms with E-state index in [0.29, 0.717) is 6.54 Å². The SMILES string of the molecule is CC(C)N(C(=O)CN1CCN(c2cnccn2)CC1)C(C)C. The summed E-state index contributed by atoms with van der Waals surface area (Å²) < 4.78 is 0. The predicted octanol–water partition coefficient (Wildman–Crippen LogP) is 1.24. The summed E-state index contributed by atoms with van der Waals surface area (Å²) in [5, 5.41) is 0. The first-order valence-electron chi connectivity index (χ1n) is 8.03. The highest BCUT2D eigenvalue weighted by molar-refractivity contribution is 5.78. The maximum atomic E-state index is 12.5. The fraction of sp³-hybridized carbons (Fsp3) is 0.688. The van der Waals surface area contributed by atoms with Gasteiger partial charge in [0.05, 0.1) is 12.7 Å². The molecule has 1 aliphatic rings. The zero-order valence-electron chi connectivity index (χ0n) is 14.1. The normalized spacial score (nSPS) is 16.4. The van der Waals surface area contributed by atoms with Gasteiger partial charge in [-0.05, 0) is 27.7 Å². The predicted molar refractivity (Wildman–Crippen MR) is 87.8 cm³/mol. The van der Waals surface area contributed by atoms with Crippen molar-refractivity contribution in [3.63, 3.8) is 0 Å². The Morgan fingerprint density at radius 3 is 2.27 bits per heavy atom. The molecule has 6 heteroatoms. The van der Waals surface area contributed by atoms with Crippen molar-refractivity contribution in [3.05, 3.63) is 18.6 Å². The quantitative estimate of drug-likeness (QED) is 0.819. The van der Waals surface area contributed by atoms with Gasteiger partial charge >= 0.3 is 0 Å². The van der Waals surface area contributed by atoms with Crippen molar-refractivity contribution < 1.29 is 4.79 Å². The van der Waals surface area contributed by atoms with Gasteiger partial charge in [0.1, 0.15) is 5.82 Å². The van der Waals surface area contributed by atoms with Crippen LogP contribution in [-0.4, -0.2) is 70.5 Å². The summed E-state index contributed by atoms with van der Waals surface area (Å²) in [5.41, 5.74) is 0. The van der Waals surface area contributed by atoms with E-state index < -0.39 is 0 Å². The molecule has 6 nitrogen and oxygen atoms in total. The van der Waals surface area contributed by atoms with Crippen LogP contribution < -0.4 is 4.90 Å². The molecule has 0 unspecified atom stereocenters. The molecule has 0 bridgehead atoms. The third-order valence-corrected chi connectivity index (χ3v) is 4.01. The van der Waals surface area contributed by atoms with Crippen LogP contribution in [0.5, 0.6) is 0 Å². The zero-order chi connectivity index (χ0) is 16.1. The van der Waals surface area contributed by atoms with Gasteiger partial charge in [-0.2, -0.15) is 0 Å². The number of rotatable bonds is 5. The van der Waals surface area contributed by atoms with Crippen molar-refractivity contribution in [1.82, 2.24) is 19.8 Å². The number of piperazine rings is 1. The van der Waals surface area contributed by atoms with E-state index in [2.05, 4.69) is 47.5 Å². The molecule has 1 saturated heterocycles. The van der Waals surface area contributed by atoms with Crippen molar-refractivity contribution in [2.24, 2.45) is 0 Å². The fourth-order valence-electron chi connectivity index (χ4n) is 3.03. The van der Waals surface area contributed by atoms with Crippen LogP contribution in [0.15, 0.2) is 18.6 Å². The molecule has 0 radical (unpaired) electrons. The first-order valence-corrected chi connectivity index (χ1v) is 8.03. The van der Waals surface area contributed by atoms with E-state index in [0.717, 1.165) is 32.0 Å². The summed E-state index contributed by atoms with van der Waals surface area (Å²) in [6.45, 7) is 12.3. The third kappa shape index (κ3) is 4.16. The van der Waals surface area contributed by atoms with Crippen molar-refractivity contribution >= 4 is 11.7 Å². The Balaban J connectivity index is 1.86. The molecule has 1 aromatic heterocycles. The van der Waals surface area contributed by atoms with Crippen LogP contribution in [0.4, 0.5) is 5.82 Å². The lowest BCUT2D eigenvalue weighted by atomic mass is 10.2. The molecule has 0 aromatic carbocycles. The van der Waals surface area contributed by atoms with E-state index in [1.54, 1.807) is 18.6 Å². The maximum Gasteiger partial charge on any atom is 0.237 e. The smallest absolute Gasteiger partial charge is 0.237 e. The second-order valence-electron chi connectivity index (χ2n) is 6.32. The Kier molecular flexibility index (Phi) is 5.71. The minimum Gasteiger partial charge on any atom is -0.353 e. The van der Waals surface area contributed by atoms with E-state index in [1.807, 2.05) is 4.90 Å². The van der Waals surface area contributed by atoms with Gasteiger partial charge in [0.25, 0.3) is 0 Å². The van der Waals surface area contributed by atoms with Crippen LogP contribution in [-0.2, 0) is 4.79 Å². The number of carbonyl (C=O) groups is 1. The number of hydrogen-bond donors (Lipinski definition) is 0. The van der Waals surface area contributed by atoms with Crippen LogP contribution in [0, 0.1) is 0 Å². The first kappa shape index (κ1) is 16.7. The molecule has 0 saturated carbocycles. The van der Waals surface area contributed by atoms with Crippen LogP contribution in [0.2, 0.25) is 0 Å². The van der Waals surface area contributed by atoms with Gasteiger partial charge in [-0.25, -0.2) is 4.98 Å². The van der Waals surface area contributed by atoms with Gasteiger partial charge < -0.3 is 9.80 Å². The molecular weight excluding hydrogens is 278 g/mol. The number of amides is 1. The molecule has 1 aromatic rings. The van der Waals surface area contributed by atoms with Crippen LogP contribution in [0.3, 0.4) is 0 Å². The highest BCUT2D eigenvalue weighted by Crippen LogP contribution is 2.12. The molecule has 1 aliphatic heterocycles. The maximum absolute atomic E-state index is 12.5. The van der Waals surface area contributed by atoms with Crippen molar-refractivity contribution in [2.75, 3.05) is 37.6 Å². The number of hydrogen-bond acceptors (Lipinski definition) is 5. The van der Waals surface area contributed by atoms with E-state index >= 15 is 0 Å². The van der Waals surface area contributed by atoms with Gasteiger partial charge in [0, 0.05) is 50.7 Å². The van der Waals surface area contributed by atoms with Gasteiger partial charge in [0.15, 0.2) is 0 Å². The van der Waals surface area contributed by atoms with Gasteiger partial charge in [0.2, 0.25) is 5.91 Å². The standard InChI is InChI=1S/C16H27N5O/c1-13(2)21(14(3)4)16(22)12-19-7-9-20(10-8-19)15-11-17-5-6-18-15/h5-6,11,13-14H,7-10,12H2,1-4H3. The second-order valence-corrected chi connectivity index (χ2v) is 6.32. The average molecular weight is 305 g/mol. The lowest BCUT2D eigenvalue weighted by molar-refractivity contribution is -0.136. The minimum absolute atomic E-state index is 0.220. The summed E-state index contributed by atoms with van der Waals surface area (Å²) in [6.07, 6.45) is 5.19. The molecular formula is C16H27N5O. The molecule has 0 aliphatic carbocycles. The summed E-state index contributed by atoms with van der Waals surface area (Å²) in [6, 6.07) is 0.488. The molecule has 1 fully saturated rings. The Morgan fingerprint density at radius 2 is 1.77 bits per heavy atom. The van der Waals surface area contributed by atoms with Gasteiger partial charge in [-0.15, -0.1) is 0 Å². The van der Waals surface area contributed by atoms with E-state index in [9.17, 15) is 4.79 Å². The van der Waals surface area contributed by atoms with E-state index in [4.69, 9.17) is 0 Å². The van der Waals surface area contributed by atoms with E-state index in [-0.39, 0.29) is 18.0 Å². The van der Waals surface area contributed by atoms with Gasteiger partial charge in [-0.3, -0.25) is 14.7 Å². The number of carbonyl (C=O) groups excluding carboxylic acids is 1. The summed E-state index contributed by atoms with van der Waals surface area (Å²) in [5.74, 6) is 1.14. The summed E-state index contributed by atoms with van der Waals surface area (Å²) >= 11 is 0. The molecule has 22 heavy (non-hydrogen) atoms. The highest BCUT2D eigenvalue weighted by atomic mass is 16.2. The molecule has 122 valence electrons. The van der Waals surface area contributed by atoms with Crippen molar-refractivity contribution in [1.29, 1.82) is 0 Å². The van der Waals surface area contributed by atoms with Crippen molar-refractivity contribution in [2.45, 2.75) is 39.8 Å². The largest absolute Gasteiger partial charge is 0.353 e. The first-order chi connectivity index (χ1) is 10.5. The fourth-order valence-corrected chi connectivity index (χ4v) is 3.03. The molecule has 1 amide bonds. The monoisotopic (exact) mass is 305 g/mol. The Morgan fingerprint density at radius 1 is 1.14 bits per heavy atom. The number of anilines is 1.